The Balaban J connectivity index is 1.43. The van der Waals surface area contributed by atoms with Gasteiger partial charge in [-0.25, -0.2) is 4.72 Å². The first-order valence-electron chi connectivity index (χ1n) is 16.9. The van der Waals surface area contributed by atoms with Crippen LogP contribution in [0.3, 0.4) is 0 Å². The van der Waals surface area contributed by atoms with Crippen LogP contribution in [0.15, 0.2) is 53.8 Å². The van der Waals surface area contributed by atoms with Crippen molar-refractivity contribution in [1.82, 2.24) is 23.4 Å². The third kappa shape index (κ3) is 5.25. The van der Waals surface area contributed by atoms with Crippen LogP contribution in [-0.4, -0.2) is 93.3 Å². The fourth-order valence-corrected chi connectivity index (χ4v) is 9.03. The zero-order chi connectivity index (χ0) is 33.3. The molecule has 0 spiro atoms. The largest absolute Gasteiger partial charge is 0.501 e. The molecule has 2 atom stereocenters. The number of carbonyl (C=O) groups is 2. The molecule has 1 aromatic carbocycles. The Bertz CT molecular complexity index is 1820. The van der Waals surface area contributed by atoms with Crippen molar-refractivity contribution in [3.8, 4) is 0 Å². The lowest BCUT2D eigenvalue weighted by molar-refractivity contribution is -0.133. The molecule has 2 unspecified atom stereocenters. The smallest absolute Gasteiger partial charge is 0.303 e. The zero-order valence-corrected chi connectivity index (χ0v) is 29.0. The highest BCUT2D eigenvalue weighted by molar-refractivity contribution is 7.87. The van der Waals surface area contributed by atoms with Gasteiger partial charge in [-0.1, -0.05) is 50.0 Å². The van der Waals surface area contributed by atoms with Crippen molar-refractivity contribution in [1.29, 1.82) is 0 Å². The van der Waals surface area contributed by atoms with E-state index in [0.717, 1.165) is 45.8 Å². The summed E-state index contributed by atoms with van der Waals surface area (Å²) in [5.74, 6) is 0.634. The van der Waals surface area contributed by atoms with Gasteiger partial charge in [-0.15, -0.1) is 0 Å². The molecule has 1 saturated heterocycles. The van der Waals surface area contributed by atoms with Crippen LogP contribution in [0.25, 0.3) is 10.9 Å². The third-order valence-electron chi connectivity index (χ3n) is 11.3. The number of benzene rings is 1. The first-order valence-corrected chi connectivity index (χ1v) is 18.4. The SMILES string of the molecule is COC1=CC23C=C(C(=O)N4CC(N(C)C)C4)Cn4c(c(C5CCCCCC5)c5ccc(C(=O)NS(=O)(=O)N(C)C)cc54)C2(C=CC1)C3. The maximum absolute atomic E-state index is 14.3. The van der Waals surface area contributed by atoms with Crippen LogP contribution in [-0.2, 0) is 31.7 Å². The minimum Gasteiger partial charge on any atom is -0.501 e. The number of methoxy groups -OCH3 is 1. The number of ether oxygens (including phenoxy) is 1. The summed E-state index contributed by atoms with van der Waals surface area (Å²) in [5, 5.41) is 1.09. The Hall–Kier alpha value is -3.41. The summed E-state index contributed by atoms with van der Waals surface area (Å²) < 4.78 is 36.5. The van der Waals surface area contributed by atoms with E-state index in [0.29, 0.717) is 38.0 Å². The van der Waals surface area contributed by atoms with E-state index < -0.39 is 21.5 Å². The number of rotatable bonds is 7. The van der Waals surface area contributed by atoms with E-state index >= 15 is 0 Å². The molecule has 7 rings (SSSR count). The van der Waals surface area contributed by atoms with E-state index in [1.165, 1.54) is 51.0 Å². The highest BCUT2D eigenvalue weighted by atomic mass is 32.2. The molecule has 3 heterocycles. The number of allylic oxidation sites excluding steroid dienone is 4. The van der Waals surface area contributed by atoms with Gasteiger partial charge in [0.1, 0.15) is 0 Å². The van der Waals surface area contributed by atoms with Gasteiger partial charge in [0.2, 0.25) is 0 Å². The fraction of sp³-hybridized carbons (Fsp3) is 0.556. The zero-order valence-electron chi connectivity index (χ0n) is 28.2. The molecular formula is C36H47N5O5S. The van der Waals surface area contributed by atoms with Crippen LogP contribution in [0.1, 0.15) is 78.9 Å². The normalized spacial score (nSPS) is 26.3. The summed E-state index contributed by atoms with van der Waals surface area (Å²) in [4.78, 5) is 31.8. The molecule has 1 aromatic heterocycles. The van der Waals surface area contributed by atoms with Crippen molar-refractivity contribution in [3.63, 3.8) is 0 Å². The number of hydrogen-bond donors (Lipinski definition) is 1. The molecule has 252 valence electrons. The third-order valence-corrected chi connectivity index (χ3v) is 12.8. The highest BCUT2D eigenvalue weighted by Gasteiger charge is 2.68. The van der Waals surface area contributed by atoms with E-state index in [1.54, 1.807) is 13.2 Å². The van der Waals surface area contributed by atoms with Gasteiger partial charge < -0.3 is 19.1 Å². The minimum atomic E-state index is -3.97. The molecular weight excluding hydrogens is 614 g/mol. The Morgan fingerprint density at radius 1 is 1.02 bits per heavy atom. The van der Waals surface area contributed by atoms with Gasteiger partial charge in [0.05, 0.1) is 19.4 Å². The second kappa shape index (κ2) is 11.6. The summed E-state index contributed by atoms with van der Waals surface area (Å²) >= 11 is 0. The lowest BCUT2D eigenvalue weighted by Crippen LogP contribution is -2.59. The quantitative estimate of drug-likeness (QED) is 0.348. The topological polar surface area (TPSA) is 104 Å². The molecule has 2 aliphatic heterocycles. The predicted molar refractivity (Wildman–Crippen MR) is 182 cm³/mol. The molecule has 10 nitrogen and oxygen atoms in total. The van der Waals surface area contributed by atoms with E-state index in [2.05, 4.69) is 52.6 Å². The number of nitrogens with zero attached hydrogens (tertiary/aromatic N) is 4. The molecule has 5 aliphatic rings. The van der Waals surface area contributed by atoms with Crippen LogP contribution < -0.4 is 4.72 Å². The molecule has 2 amide bonds. The van der Waals surface area contributed by atoms with E-state index in [-0.39, 0.29) is 16.9 Å². The van der Waals surface area contributed by atoms with Crippen LogP contribution in [0, 0.1) is 5.41 Å². The molecule has 3 fully saturated rings. The van der Waals surface area contributed by atoms with Crippen molar-refractivity contribution in [2.24, 2.45) is 5.41 Å². The summed E-state index contributed by atoms with van der Waals surface area (Å²) in [7, 11) is 4.63. The molecule has 2 saturated carbocycles. The van der Waals surface area contributed by atoms with Gasteiger partial charge in [0.25, 0.3) is 11.8 Å². The van der Waals surface area contributed by atoms with Gasteiger partial charge in [-0.05, 0) is 63.0 Å². The van der Waals surface area contributed by atoms with Crippen molar-refractivity contribution in [2.75, 3.05) is 48.4 Å². The fourth-order valence-electron chi connectivity index (χ4n) is 8.50. The Morgan fingerprint density at radius 2 is 1.74 bits per heavy atom. The summed E-state index contributed by atoms with van der Waals surface area (Å²) in [6.45, 7) is 1.77. The molecule has 1 N–H and O–H groups in total. The monoisotopic (exact) mass is 661 g/mol. The molecule has 11 heteroatoms. The van der Waals surface area contributed by atoms with E-state index in [4.69, 9.17) is 4.74 Å². The van der Waals surface area contributed by atoms with Gasteiger partial charge in [0.15, 0.2) is 0 Å². The Kier molecular flexibility index (Phi) is 7.96. The summed E-state index contributed by atoms with van der Waals surface area (Å²) in [6, 6.07) is 5.93. The number of amides is 2. The first kappa shape index (κ1) is 32.2. The predicted octanol–water partition coefficient (Wildman–Crippen LogP) is 4.45. The number of hydrogen-bond acceptors (Lipinski definition) is 6. The molecule has 47 heavy (non-hydrogen) atoms. The first-order chi connectivity index (χ1) is 22.4. The Labute approximate surface area is 278 Å². The summed E-state index contributed by atoms with van der Waals surface area (Å²) in [6.07, 6.45) is 17.6. The van der Waals surface area contributed by atoms with Crippen LogP contribution in [0.4, 0.5) is 0 Å². The second-order valence-corrected chi connectivity index (χ2v) is 16.5. The average molecular weight is 662 g/mol. The van der Waals surface area contributed by atoms with Crippen LogP contribution in [0.5, 0.6) is 0 Å². The number of nitrogens with one attached hydrogen (secondary N) is 1. The molecule has 3 aliphatic carbocycles. The number of likely N-dealkylation sites (N-methyl/N-ethyl adjacent to an activating group) is 1. The van der Waals surface area contributed by atoms with Crippen LogP contribution >= 0.6 is 0 Å². The van der Waals surface area contributed by atoms with Gasteiger partial charge >= 0.3 is 10.2 Å². The Morgan fingerprint density at radius 3 is 2.40 bits per heavy atom. The second-order valence-electron chi connectivity index (χ2n) is 14.6. The van der Waals surface area contributed by atoms with Crippen molar-refractivity contribution >= 4 is 32.9 Å². The number of carbonyl (C=O) groups excluding carboxylic acids is 2. The maximum Gasteiger partial charge on any atom is 0.303 e. The molecule has 2 aromatic rings. The minimum absolute atomic E-state index is 0.0514. The van der Waals surface area contributed by atoms with Gasteiger partial charge in [0, 0.05) is 78.2 Å². The van der Waals surface area contributed by atoms with Crippen LogP contribution in [0.2, 0.25) is 0 Å². The van der Waals surface area contributed by atoms with Crippen molar-refractivity contribution in [2.45, 2.75) is 75.3 Å². The maximum atomic E-state index is 14.3. The molecule has 0 bridgehead atoms. The van der Waals surface area contributed by atoms with Crippen molar-refractivity contribution in [3.05, 3.63) is 70.7 Å². The van der Waals surface area contributed by atoms with E-state index in [1.807, 2.05) is 17.0 Å². The van der Waals surface area contributed by atoms with Crippen molar-refractivity contribution < 1.29 is 22.7 Å². The number of fused-ring (bicyclic) bond motifs is 3. The lowest BCUT2D eigenvalue weighted by atomic mass is 9.81. The standard InChI is InChI=1S/C36H47N5O5S/c1-38(2)27-21-40(22-27)34(43)26-18-35-19-28(46-5)13-10-16-36(35,23-35)32-31(24-11-8-6-7-9-12-24)29-15-14-25(17-30(29)41(32)20-26)33(42)37-47(44,45)39(3)4/h10,14-19,24,27H,6-9,11-13,20-23H2,1-5H3,(H,37,42). The molecule has 0 radical (unpaired) electrons. The van der Waals surface area contributed by atoms with Gasteiger partial charge in [-0.2, -0.15) is 12.7 Å². The average Bonchev–Trinajstić information content (AvgIpc) is 3.65. The lowest BCUT2D eigenvalue weighted by Gasteiger charge is -2.43. The summed E-state index contributed by atoms with van der Waals surface area (Å²) in [5.41, 5.74) is 3.70. The van der Waals surface area contributed by atoms with E-state index in [9.17, 15) is 18.0 Å². The number of likely N-dealkylation sites (tertiary alicyclic amines) is 1. The highest BCUT2D eigenvalue weighted by Crippen LogP contribution is 2.71. The van der Waals surface area contributed by atoms with Gasteiger partial charge in [-0.3, -0.25) is 9.59 Å². The number of aromatic nitrogens is 1.